The third-order valence-corrected chi connectivity index (χ3v) is 1.04. The second kappa shape index (κ2) is 11.1. The smallest absolute Gasteiger partial charge is 0.303 e. The van der Waals surface area contributed by atoms with E-state index >= 15 is 0 Å². The van der Waals surface area contributed by atoms with Crippen LogP contribution < -0.4 is 0 Å². The second-order valence-corrected chi connectivity index (χ2v) is 2.84. The van der Waals surface area contributed by atoms with Crippen molar-refractivity contribution < 1.29 is 18.9 Å². The topological polar surface area (TPSA) is 66.8 Å². The van der Waals surface area contributed by atoms with Gasteiger partial charge in [-0.15, -0.1) is 0 Å². The normalized spacial score (nSPS) is 8.92. The molecule has 0 aliphatic rings. The number of rotatable bonds is 2. The zero-order chi connectivity index (χ0) is 8.78. The molecule has 5 heteroatoms. The van der Waals surface area contributed by atoms with Gasteiger partial charge >= 0.3 is 7.82 Å². The maximum absolute atomic E-state index is 9.91. The van der Waals surface area contributed by atoms with Gasteiger partial charge in [-0.2, -0.15) is 0 Å². The van der Waals surface area contributed by atoms with Crippen molar-refractivity contribution in [2.45, 2.75) is 48.7 Å². The van der Waals surface area contributed by atoms with E-state index < -0.39 is 13.9 Å². The average molecular weight is 202 g/mol. The summed E-state index contributed by atoms with van der Waals surface area (Å²) in [6.07, 6.45) is -0.421. The van der Waals surface area contributed by atoms with Crippen molar-refractivity contribution in [1.29, 1.82) is 0 Å². The first-order valence-electron chi connectivity index (χ1n) is 3.16. The van der Waals surface area contributed by atoms with Gasteiger partial charge in [-0.25, -0.2) is 4.57 Å². The lowest BCUT2D eigenvalue weighted by molar-refractivity contribution is 0.156. The highest BCUT2D eigenvalue weighted by Gasteiger charge is 2.14. The Labute approximate surface area is 76.2 Å². The van der Waals surface area contributed by atoms with Gasteiger partial charge in [0, 0.05) is 0 Å². The van der Waals surface area contributed by atoms with Gasteiger partial charge in [-0.05, 0) is 13.8 Å². The van der Waals surface area contributed by atoms with Crippen molar-refractivity contribution >= 4 is 7.82 Å². The Kier molecular flexibility index (Phi) is 21.0. The van der Waals surface area contributed by atoms with Gasteiger partial charge in [0.15, 0.2) is 0 Å². The van der Waals surface area contributed by atoms with E-state index in [2.05, 4.69) is 4.52 Å². The molecular formula is C7H23O4P. The molecule has 0 unspecified atom stereocenters. The molecule has 0 aromatic carbocycles. The van der Waals surface area contributed by atoms with Gasteiger partial charge in [0.25, 0.3) is 0 Å². The van der Waals surface area contributed by atoms with Crippen LogP contribution in [0.15, 0.2) is 0 Å². The molecule has 0 aliphatic carbocycles. The first-order chi connectivity index (χ1) is 4.42. The fraction of sp³-hybridized carbons (Fsp3) is 1.00. The Balaban J connectivity index is -0.0000000740. The van der Waals surface area contributed by atoms with Crippen LogP contribution in [0.1, 0.15) is 42.5 Å². The van der Waals surface area contributed by atoms with Crippen molar-refractivity contribution in [1.82, 2.24) is 0 Å². The third-order valence-electron chi connectivity index (χ3n) is 0.348. The molecule has 80 valence electrons. The molecule has 2 N–H and O–H groups in total. The number of phosphoric acid groups is 1. The first-order valence-corrected chi connectivity index (χ1v) is 4.69. The fourth-order valence-electron chi connectivity index (χ4n) is 0.275. The number of hydrogen-bond acceptors (Lipinski definition) is 2. The second-order valence-electron chi connectivity index (χ2n) is 1.64. The molecule has 0 heterocycles. The van der Waals surface area contributed by atoms with Crippen LogP contribution in [-0.2, 0) is 9.09 Å². The predicted molar refractivity (Wildman–Crippen MR) is 53.1 cm³/mol. The summed E-state index contributed by atoms with van der Waals surface area (Å²) in [5, 5.41) is 0. The van der Waals surface area contributed by atoms with Gasteiger partial charge in [-0.3, -0.25) is 4.52 Å². The highest BCUT2D eigenvalue weighted by atomic mass is 31.2. The van der Waals surface area contributed by atoms with E-state index in [-0.39, 0.29) is 14.9 Å². The maximum Gasteiger partial charge on any atom is 0.469 e. The zero-order valence-electron chi connectivity index (χ0n) is 6.74. The zero-order valence-corrected chi connectivity index (χ0v) is 7.63. The van der Waals surface area contributed by atoms with E-state index in [4.69, 9.17) is 9.79 Å². The Morgan fingerprint density at radius 1 is 1.17 bits per heavy atom. The summed E-state index contributed by atoms with van der Waals surface area (Å²) in [6.45, 7) is 7.11. The van der Waals surface area contributed by atoms with Crippen LogP contribution in [0.25, 0.3) is 0 Å². The molecule has 0 aliphatic heterocycles. The van der Waals surface area contributed by atoms with E-state index in [0.717, 1.165) is 0 Å². The molecule has 4 nitrogen and oxygen atoms in total. The van der Waals surface area contributed by atoms with Crippen LogP contribution in [0.4, 0.5) is 0 Å². The summed E-state index contributed by atoms with van der Waals surface area (Å²) < 4.78 is 14.0. The van der Waals surface area contributed by atoms with Gasteiger partial charge in [0.05, 0.1) is 6.10 Å². The highest BCUT2D eigenvalue weighted by molar-refractivity contribution is 7.46. The van der Waals surface area contributed by atoms with E-state index in [1.165, 1.54) is 0 Å². The standard InChI is InChI=1S/C3H9O4P.C2H6.2CH4/c1-3(2)7-8(4,5)6;1-2;;/h3H,1-2H3,(H2,4,5,6);1-2H3;2*1H4. The molecule has 0 atom stereocenters. The van der Waals surface area contributed by atoms with E-state index in [0.29, 0.717) is 0 Å². The molecule has 0 radical (unpaired) electrons. The highest BCUT2D eigenvalue weighted by Crippen LogP contribution is 2.37. The third kappa shape index (κ3) is 32.1. The maximum atomic E-state index is 9.91. The summed E-state index contributed by atoms with van der Waals surface area (Å²) >= 11 is 0. The van der Waals surface area contributed by atoms with Crippen molar-refractivity contribution in [2.75, 3.05) is 0 Å². The lowest BCUT2D eigenvalue weighted by atomic mass is 10.5. The lowest BCUT2D eigenvalue weighted by Gasteiger charge is -2.06. The van der Waals surface area contributed by atoms with Crippen molar-refractivity contribution in [2.24, 2.45) is 0 Å². The van der Waals surface area contributed by atoms with Crippen LogP contribution in [0.2, 0.25) is 0 Å². The molecule has 0 saturated carbocycles. The predicted octanol–water partition coefficient (Wildman–Crippen LogP) is 2.80. The Hall–Kier alpha value is 0.110. The fourth-order valence-corrected chi connectivity index (χ4v) is 0.824. The molecule has 0 aromatic rings. The van der Waals surface area contributed by atoms with E-state index in [9.17, 15) is 4.57 Å². The van der Waals surface area contributed by atoms with E-state index in [1.54, 1.807) is 13.8 Å². The molecule has 0 rings (SSSR count). The van der Waals surface area contributed by atoms with Crippen molar-refractivity contribution in [3.05, 3.63) is 0 Å². The van der Waals surface area contributed by atoms with E-state index in [1.807, 2.05) is 13.8 Å². The molecule has 0 bridgehead atoms. The summed E-state index contributed by atoms with van der Waals surface area (Å²) in [5.74, 6) is 0. The van der Waals surface area contributed by atoms with Crippen molar-refractivity contribution in [3.63, 3.8) is 0 Å². The molecule has 0 spiro atoms. The summed E-state index contributed by atoms with van der Waals surface area (Å²) in [6, 6.07) is 0. The summed E-state index contributed by atoms with van der Waals surface area (Å²) in [4.78, 5) is 16.2. The Morgan fingerprint density at radius 2 is 1.42 bits per heavy atom. The van der Waals surface area contributed by atoms with Gasteiger partial charge in [0.1, 0.15) is 0 Å². The molecule has 0 saturated heterocycles. The van der Waals surface area contributed by atoms with Gasteiger partial charge in [0.2, 0.25) is 0 Å². The minimum atomic E-state index is -4.22. The van der Waals surface area contributed by atoms with Crippen LogP contribution >= 0.6 is 7.82 Å². The minimum absolute atomic E-state index is 0. The van der Waals surface area contributed by atoms with Crippen LogP contribution in [0.5, 0.6) is 0 Å². The van der Waals surface area contributed by atoms with Crippen LogP contribution in [0, 0.1) is 0 Å². The molecule has 0 aromatic heterocycles. The number of phosphoric ester groups is 1. The van der Waals surface area contributed by atoms with Gasteiger partial charge < -0.3 is 9.79 Å². The Morgan fingerprint density at radius 3 is 1.42 bits per heavy atom. The molecular weight excluding hydrogens is 179 g/mol. The molecule has 12 heavy (non-hydrogen) atoms. The minimum Gasteiger partial charge on any atom is -0.303 e. The number of hydrogen-bond donors (Lipinski definition) is 2. The van der Waals surface area contributed by atoms with Crippen LogP contribution in [-0.4, -0.2) is 15.9 Å². The SMILES string of the molecule is C.C.CC.CC(C)OP(=O)(O)O. The van der Waals surface area contributed by atoms with Crippen LogP contribution in [0.3, 0.4) is 0 Å². The lowest BCUT2D eigenvalue weighted by Crippen LogP contribution is -1.98. The summed E-state index contributed by atoms with van der Waals surface area (Å²) in [7, 11) is -4.22. The summed E-state index contributed by atoms with van der Waals surface area (Å²) in [5.41, 5.74) is 0. The quantitative estimate of drug-likeness (QED) is 0.675. The van der Waals surface area contributed by atoms with Crippen molar-refractivity contribution in [3.8, 4) is 0 Å². The van der Waals surface area contributed by atoms with Gasteiger partial charge in [-0.1, -0.05) is 28.7 Å². The molecule has 0 fully saturated rings. The monoisotopic (exact) mass is 202 g/mol. The first kappa shape index (κ1) is 22.7. The average Bonchev–Trinajstić information content (AvgIpc) is 1.64. The largest absolute Gasteiger partial charge is 0.469 e. The molecule has 0 amide bonds. The Bertz CT molecular complexity index is 108.